The number of carbonyl (C=O) groups is 1. The highest BCUT2D eigenvalue weighted by molar-refractivity contribution is 5.92. The molecule has 0 fully saturated rings. The lowest BCUT2D eigenvalue weighted by Gasteiger charge is -2.13. The zero-order valence-electron chi connectivity index (χ0n) is 12.5. The number of aliphatic hydroxyl groups excluding tert-OH is 1. The molecule has 0 spiro atoms. The molecule has 0 unspecified atom stereocenters. The number of methoxy groups -OCH3 is 2. The van der Waals surface area contributed by atoms with Gasteiger partial charge in [0.05, 0.1) is 19.8 Å². The van der Waals surface area contributed by atoms with E-state index in [1.54, 1.807) is 31.4 Å². The van der Waals surface area contributed by atoms with Crippen molar-refractivity contribution in [1.82, 2.24) is 0 Å². The van der Waals surface area contributed by atoms with E-state index in [-0.39, 0.29) is 12.4 Å². The molecule has 2 N–H and O–H groups in total. The SMILES string of the molecule is COC(=O)c1ccc(O)c(-c2ccc(OC)cc2CCO)c1. The first-order valence-electron chi connectivity index (χ1n) is 6.80. The van der Waals surface area contributed by atoms with E-state index in [9.17, 15) is 15.0 Å². The molecule has 5 heteroatoms. The van der Waals surface area contributed by atoms with Crippen molar-refractivity contribution in [3.05, 3.63) is 47.5 Å². The van der Waals surface area contributed by atoms with E-state index in [1.165, 1.54) is 19.2 Å². The van der Waals surface area contributed by atoms with Crippen LogP contribution in [0.25, 0.3) is 11.1 Å². The molecule has 0 atom stereocenters. The molecule has 0 radical (unpaired) electrons. The van der Waals surface area contributed by atoms with Gasteiger partial charge in [-0.3, -0.25) is 0 Å². The van der Waals surface area contributed by atoms with E-state index in [4.69, 9.17) is 9.47 Å². The Morgan fingerprint density at radius 2 is 1.86 bits per heavy atom. The maximum Gasteiger partial charge on any atom is 0.337 e. The minimum atomic E-state index is -0.474. The number of aromatic hydroxyl groups is 1. The first-order valence-corrected chi connectivity index (χ1v) is 6.80. The lowest BCUT2D eigenvalue weighted by atomic mass is 9.95. The van der Waals surface area contributed by atoms with Crippen LogP contribution in [0.15, 0.2) is 36.4 Å². The Labute approximate surface area is 128 Å². The Balaban J connectivity index is 2.57. The number of benzene rings is 2. The number of phenolic OH excluding ortho intramolecular Hbond substituents is 1. The van der Waals surface area contributed by atoms with E-state index in [2.05, 4.69) is 0 Å². The van der Waals surface area contributed by atoms with Crippen LogP contribution in [-0.2, 0) is 11.2 Å². The van der Waals surface area contributed by atoms with Crippen molar-refractivity contribution in [2.24, 2.45) is 0 Å². The first-order chi connectivity index (χ1) is 10.6. The molecule has 116 valence electrons. The molecular weight excluding hydrogens is 284 g/mol. The van der Waals surface area contributed by atoms with Gasteiger partial charge in [-0.2, -0.15) is 0 Å². The summed E-state index contributed by atoms with van der Waals surface area (Å²) in [5, 5.41) is 19.3. The molecule has 0 amide bonds. The van der Waals surface area contributed by atoms with Crippen LogP contribution in [0.5, 0.6) is 11.5 Å². The molecule has 0 saturated carbocycles. The van der Waals surface area contributed by atoms with Crippen molar-refractivity contribution < 1.29 is 24.5 Å². The lowest BCUT2D eigenvalue weighted by Crippen LogP contribution is -2.02. The number of carbonyl (C=O) groups excluding carboxylic acids is 1. The van der Waals surface area contributed by atoms with E-state index >= 15 is 0 Å². The van der Waals surface area contributed by atoms with Gasteiger partial charge in [-0.25, -0.2) is 4.79 Å². The fourth-order valence-corrected chi connectivity index (χ4v) is 2.28. The zero-order valence-corrected chi connectivity index (χ0v) is 12.5. The Morgan fingerprint density at radius 1 is 1.09 bits per heavy atom. The summed E-state index contributed by atoms with van der Waals surface area (Å²) in [6.07, 6.45) is 0.411. The van der Waals surface area contributed by atoms with Crippen LogP contribution in [0, 0.1) is 0 Å². The van der Waals surface area contributed by atoms with Gasteiger partial charge in [0.1, 0.15) is 11.5 Å². The summed E-state index contributed by atoms with van der Waals surface area (Å²) in [6.45, 7) is -0.0301. The van der Waals surface area contributed by atoms with Crippen molar-refractivity contribution in [3.8, 4) is 22.6 Å². The number of esters is 1. The van der Waals surface area contributed by atoms with E-state index in [0.29, 0.717) is 23.3 Å². The Hall–Kier alpha value is -2.53. The summed E-state index contributed by atoms with van der Waals surface area (Å²) >= 11 is 0. The summed E-state index contributed by atoms with van der Waals surface area (Å²) in [5.74, 6) is 0.242. The van der Waals surface area contributed by atoms with Crippen LogP contribution in [0.1, 0.15) is 15.9 Å². The highest BCUT2D eigenvalue weighted by atomic mass is 16.5. The maximum atomic E-state index is 11.7. The van der Waals surface area contributed by atoms with E-state index < -0.39 is 5.97 Å². The van der Waals surface area contributed by atoms with Crippen molar-refractivity contribution in [2.45, 2.75) is 6.42 Å². The molecular formula is C17H18O5. The number of aliphatic hydroxyl groups is 1. The topological polar surface area (TPSA) is 76.0 Å². The fourth-order valence-electron chi connectivity index (χ4n) is 2.28. The maximum absolute atomic E-state index is 11.7. The second-order valence-electron chi connectivity index (χ2n) is 4.72. The van der Waals surface area contributed by atoms with Gasteiger partial charge < -0.3 is 19.7 Å². The highest BCUT2D eigenvalue weighted by Crippen LogP contribution is 2.34. The Bertz CT molecular complexity index is 679. The van der Waals surface area contributed by atoms with Crippen molar-refractivity contribution >= 4 is 5.97 Å². The molecule has 2 aromatic rings. The molecule has 0 aliphatic rings. The Morgan fingerprint density at radius 3 is 2.50 bits per heavy atom. The molecule has 0 heterocycles. The normalized spacial score (nSPS) is 10.3. The van der Waals surface area contributed by atoms with Gasteiger partial charge in [0, 0.05) is 12.2 Å². The largest absolute Gasteiger partial charge is 0.507 e. The third kappa shape index (κ3) is 3.20. The average molecular weight is 302 g/mol. The number of ether oxygens (including phenoxy) is 2. The van der Waals surface area contributed by atoms with Gasteiger partial charge in [0.25, 0.3) is 0 Å². The molecule has 0 aliphatic carbocycles. The molecule has 2 rings (SSSR count). The fraction of sp³-hybridized carbons (Fsp3) is 0.235. The summed E-state index contributed by atoms with van der Waals surface area (Å²) in [6, 6.07) is 9.88. The molecule has 0 aromatic heterocycles. The first kappa shape index (κ1) is 15.9. The van der Waals surface area contributed by atoms with Crippen LogP contribution >= 0.6 is 0 Å². The number of hydrogen-bond donors (Lipinski definition) is 2. The van der Waals surface area contributed by atoms with Crippen molar-refractivity contribution in [2.75, 3.05) is 20.8 Å². The van der Waals surface area contributed by atoms with Gasteiger partial charge >= 0.3 is 5.97 Å². The number of rotatable bonds is 5. The summed E-state index contributed by atoms with van der Waals surface area (Å²) in [5.41, 5.74) is 2.41. The molecule has 22 heavy (non-hydrogen) atoms. The minimum absolute atomic E-state index is 0.0301. The highest BCUT2D eigenvalue weighted by Gasteiger charge is 2.14. The van der Waals surface area contributed by atoms with Crippen LogP contribution in [0.4, 0.5) is 0 Å². The Kier molecular flexibility index (Phi) is 5.01. The van der Waals surface area contributed by atoms with E-state index in [1.807, 2.05) is 0 Å². The van der Waals surface area contributed by atoms with Crippen molar-refractivity contribution in [3.63, 3.8) is 0 Å². The predicted molar refractivity (Wildman–Crippen MR) is 82.2 cm³/mol. The van der Waals surface area contributed by atoms with Crippen LogP contribution in [-0.4, -0.2) is 37.0 Å². The lowest BCUT2D eigenvalue weighted by molar-refractivity contribution is 0.0601. The monoisotopic (exact) mass is 302 g/mol. The van der Waals surface area contributed by atoms with Crippen LogP contribution < -0.4 is 4.74 Å². The third-order valence-electron chi connectivity index (χ3n) is 3.40. The minimum Gasteiger partial charge on any atom is -0.507 e. The zero-order chi connectivity index (χ0) is 16.1. The van der Waals surface area contributed by atoms with Gasteiger partial charge in [0.15, 0.2) is 0 Å². The van der Waals surface area contributed by atoms with E-state index in [0.717, 1.165) is 11.1 Å². The van der Waals surface area contributed by atoms with Crippen LogP contribution in [0.2, 0.25) is 0 Å². The number of phenols is 1. The van der Waals surface area contributed by atoms with Crippen LogP contribution in [0.3, 0.4) is 0 Å². The average Bonchev–Trinajstić information content (AvgIpc) is 2.55. The summed E-state index contributed by atoms with van der Waals surface area (Å²) in [4.78, 5) is 11.7. The van der Waals surface area contributed by atoms with Crippen molar-refractivity contribution in [1.29, 1.82) is 0 Å². The van der Waals surface area contributed by atoms with Gasteiger partial charge in [-0.1, -0.05) is 6.07 Å². The van der Waals surface area contributed by atoms with Gasteiger partial charge in [-0.05, 0) is 47.9 Å². The molecule has 2 aromatic carbocycles. The quantitative estimate of drug-likeness (QED) is 0.829. The molecule has 0 aliphatic heterocycles. The molecule has 0 bridgehead atoms. The second kappa shape index (κ2) is 6.95. The summed E-state index contributed by atoms with van der Waals surface area (Å²) in [7, 11) is 2.87. The molecule has 5 nitrogen and oxygen atoms in total. The third-order valence-corrected chi connectivity index (χ3v) is 3.40. The number of hydrogen-bond acceptors (Lipinski definition) is 5. The summed E-state index contributed by atoms with van der Waals surface area (Å²) < 4.78 is 9.88. The second-order valence-corrected chi connectivity index (χ2v) is 4.72. The standard InChI is InChI=1S/C17H18O5/c1-21-13-4-5-14(11(9-13)7-8-18)15-10-12(17(20)22-2)3-6-16(15)19/h3-6,9-10,18-19H,7-8H2,1-2H3. The predicted octanol–water partition coefficient (Wildman–Crippen LogP) is 2.39. The molecule has 0 saturated heterocycles. The smallest absolute Gasteiger partial charge is 0.337 e. The van der Waals surface area contributed by atoms with Gasteiger partial charge in [-0.15, -0.1) is 0 Å². The van der Waals surface area contributed by atoms with Gasteiger partial charge in [0.2, 0.25) is 0 Å².